The Labute approximate surface area is 73.8 Å². The van der Waals surface area contributed by atoms with Gasteiger partial charge in [-0.15, -0.1) is 0 Å². The molecule has 2 nitrogen and oxygen atoms in total. The van der Waals surface area contributed by atoms with Gasteiger partial charge in [-0.05, 0) is 25.6 Å². The highest BCUT2D eigenvalue weighted by Gasteiger charge is 2.02. The molecular weight excluding hydrogens is 148 g/mol. The Balaban J connectivity index is 2.48. The smallest absolute Gasteiger partial charge is 0.0306 e. The molecule has 1 atom stereocenters. The van der Waals surface area contributed by atoms with Crippen LogP contribution in [-0.4, -0.2) is 13.6 Å². The third-order valence-corrected chi connectivity index (χ3v) is 1.93. The molecule has 3 N–H and O–H groups in total. The van der Waals surface area contributed by atoms with Crippen molar-refractivity contribution >= 4 is 0 Å². The summed E-state index contributed by atoms with van der Waals surface area (Å²) in [5.41, 5.74) is 7.16. The van der Waals surface area contributed by atoms with Crippen LogP contribution in [0, 0.1) is 0 Å². The lowest BCUT2D eigenvalue weighted by molar-refractivity contribution is 0.616. The number of hydrogen-bond donors (Lipinski definition) is 2. The van der Waals surface area contributed by atoms with Crippen molar-refractivity contribution in [3.8, 4) is 0 Å². The molecule has 1 rings (SSSR count). The fourth-order valence-electron chi connectivity index (χ4n) is 1.17. The number of rotatable bonds is 4. The molecule has 0 saturated heterocycles. The van der Waals surface area contributed by atoms with E-state index < -0.39 is 0 Å². The zero-order chi connectivity index (χ0) is 8.81. The fourth-order valence-corrected chi connectivity index (χ4v) is 1.17. The first-order chi connectivity index (χ1) is 5.84. The van der Waals surface area contributed by atoms with E-state index in [2.05, 4.69) is 17.4 Å². The molecule has 0 heterocycles. The Hall–Kier alpha value is -0.860. The first-order valence-corrected chi connectivity index (χ1v) is 4.29. The van der Waals surface area contributed by atoms with Gasteiger partial charge in [0.25, 0.3) is 0 Å². The minimum Gasteiger partial charge on any atom is -0.324 e. The zero-order valence-electron chi connectivity index (χ0n) is 7.46. The van der Waals surface area contributed by atoms with Crippen LogP contribution in [0.25, 0.3) is 0 Å². The van der Waals surface area contributed by atoms with E-state index in [1.54, 1.807) is 0 Å². The van der Waals surface area contributed by atoms with Gasteiger partial charge in [-0.1, -0.05) is 30.3 Å². The summed E-state index contributed by atoms with van der Waals surface area (Å²) in [7, 11) is 1.94. The normalized spacial score (nSPS) is 12.8. The molecule has 0 bridgehead atoms. The van der Waals surface area contributed by atoms with Gasteiger partial charge in [-0.3, -0.25) is 0 Å². The van der Waals surface area contributed by atoms with Crippen molar-refractivity contribution in [3.05, 3.63) is 35.9 Å². The maximum absolute atomic E-state index is 5.94. The molecule has 1 aromatic rings. The predicted molar refractivity (Wildman–Crippen MR) is 51.9 cm³/mol. The largest absolute Gasteiger partial charge is 0.324 e. The van der Waals surface area contributed by atoms with Gasteiger partial charge >= 0.3 is 0 Å². The summed E-state index contributed by atoms with van der Waals surface area (Å²) >= 11 is 0. The van der Waals surface area contributed by atoms with E-state index in [4.69, 9.17) is 5.73 Å². The molecule has 0 amide bonds. The van der Waals surface area contributed by atoms with Crippen LogP contribution >= 0.6 is 0 Å². The highest BCUT2D eigenvalue weighted by atomic mass is 14.8. The maximum atomic E-state index is 5.94. The van der Waals surface area contributed by atoms with Crippen LogP contribution in [0.5, 0.6) is 0 Å². The van der Waals surface area contributed by atoms with Gasteiger partial charge in [0.05, 0.1) is 0 Å². The minimum absolute atomic E-state index is 0.165. The molecule has 0 fully saturated rings. The summed E-state index contributed by atoms with van der Waals surface area (Å²) in [6.45, 7) is 0.968. The van der Waals surface area contributed by atoms with Gasteiger partial charge < -0.3 is 11.1 Å². The van der Waals surface area contributed by atoms with Crippen molar-refractivity contribution in [2.24, 2.45) is 5.73 Å². The van der Waals surface area contributed by atoms with Crippen LogP contribution in [0.4, 0.5) is 0 Å². The van der Waals surface area contributed by atoms with E-state index in [9.17, 15) is 0 Å². The van der Waals surface area contributed by atoms with Gasteiger partial charge in [-0.25, -0.2) is 0 Å². The molecule has 0 aliphatic heterocycles. The molecule has 1 unspecified atom stereocenters. The van der Waals surface area contributed by atoms with Crippen LogP contribution in [-0.2, 0) is 0 Å². The van der Waals surface area contributed by atoms with Crippen molar-refractivity contribution in [1.29, 1.82) is 0 Å². The summed E-state index contributed by atoms with van der Waals surface area (Å²) < 4.78 is 0. The van der Waals surface area contributed by atoms with E-state index >= 15 is 0 Å². The Bertz CT molecular complexity index is 208. The summed E-state index contributed by atoms with van der Waals surface area (Å²) in [5, 5.41) is 3.09. The molecule has 0 aliphatic rings. The molecule has 66 valence electrons. The molecule has 0 saturated carbocycles. The first kappa shape index (κ1) is 9.23. The van der Waals surface area contributed by atoms with Crippen LogP contribution < -0.4 is 11.1 Å². The average Bonchev–Trinajstić information content (AvgIpc) is 2.15. The van der Waals surface area contributed by atoms with Crippen LogP contribution in [0.15, 0.2) is 30.3 Å². The summed E-state index contributed by atoms with van der Waals surface area (Å²) in [4.78, 5) is 0. The van der Waals surface area contributed by atoms with Gasteiger partial charge in [0, 0.05) is 6.04 Å². The molecule has 0 aliphatic carbocycles. The fraction of sp³-hybridized carbons (Fsp3) is 0.400. The van der Waals surface area contributed by atoms with Crippen molar-refractivity contribution in [2.45, 2.75) is 12.5 Å². The number of hydrogen-bond acceptors (Lipinski definition) is 2. The monoisotopic (exact) mass is 164 g/mol. The van der Waals surface area contributed by atoms with Crippen molar-refractivity contribution < 1.29 is 0 Å². The lowest BCUT2D eigenvalue weighted by Crippen LogP contribution is -2.17. The molecule has 0 radical (unpaired) electrons. The summed E-state index contributed by atoms with van der Waals surface area (Å²) in [6, 6.07) is 10.4. The Morgan fingerprint density at radius 1 is 1.33 bits per heavy atom. The number of nitrogens with two attached hydrogens (primary N) is 1. The van der Waals surface area contributed by atoms with Gasteiger partial charge in [0.15, 0.2) is 0 Å². The minimum atomic E-state index is 0.165. The predicted octanol–water partition coefficient (Wildman–Crippen LogP) is 1.30. The number of benzene rings is 1. The topological polar surface area (TPSA) is 38.0 Å². The lowest BCUT2D eigenvalue weighted by Gasteiger charge is -2.10. The summed E-state index contributed by atoms with van der Waals surface area (Å²) in [6.07, 6.45) is 0.987. The van der Waals surface area contributed by atoms with E-state index in [-0.39, 0.29) is 6.04 Å². The van der Waals surface area contributed by atoms with Gasteiger partial charge in [-0.2, -0.15) is 0 Å². The first-order valence-electron chi connectivity index (χ1n) is 4.29. The maximum Gasteiger partial charge on any atom is 0.0306 e. The second kappa shape index (κ2) is 4.91. The molecule has 0 aromatic heterocycles. The SMILES string of the molecule is CNCCC(N)c1ccccc1. The van der Waals surface area contributed by atoms with Crippen molar-refractivity contribution in [2.75, 3.05) is 13.6 Å². The molecule has 0 spiro atoms. The van der Waals surface area contributed by atoms with E-state index in [0.717, 1.165) is 13.0 Å². The lowest BCUT2D eigenvalue weighted by atomic mass is 10.1. The zero-order valence-corrected chi connectivity index (χ0v) is 7.46. The molecular formula is C10H16N2. The van der Waals surface area contributed by atoms with Gasteiger partial charge in [0.1, 0.15) is 0 Å². The van der Waals surface area contributed by atoms with Crippen LogP contribution in [0.1, 0.15) is 18.0 Å². The van der Waals surface area contributed by atoms with E-state index in [0.29, 0.717) is 0 Å². The Morgan fingerprint density at radius 2 is 2.00 bits per heavy atom. The Kier molecular flexibility index (Phi) is 3.77. The second-order valence-corrected chi connectivity index (χ2v) is 2.91. The molecule has 1 aromatic carbocycles. The summed E-state index contributed by atoms with van der Waals surface area (Å²) in [5.74, 6) is 0. The van der Waals surface area contributed by atoms with E-state index in [1.807, 2.05) is 25.2 Å². The third-order valence-electron chi connectivity index (χ3n) is 1.93. The third kappa shape index (κ3) is 2.64. The van der Waals surface area contributed by atoms with Crippen molar-refractivity contribution in [1.82, 2.24) is 5.32 Å². The quantitative estimate of drug-likeness (QED) is 0.704. The van der Waals surface area contributed by atoms with Gasteiger partial charge in [0.2, 0.25) is 0 Å². The Morgan fingerprint density at radius 3 is 2.58 bits per heavy atom. The standard InChI is InChI=1S/C10H16N2/c1-12-8-7-10(11)9-5-3-2-4-6-9/h2-6,10,12H,7-8,11H2,1H3. The average molecular weight is 164 g/mol. The highest BCUT2D eigenvalue weighted by molar-refractivity contribution is 5.18. The highest BCUT2D eigenvalue weighted by Crippen LogP contribution is 2.11. The van der Waals surface area contributed by atoms with Crippen molar-refractivity contribution in [3.63, 3.8) is 0 Å². The second-order valence-electron chi connectivity index (χ2n) is 2.91. The number of nitrogens with one attached hydrogen (secondary N) is 1. The van der Waals surface area contributed by atoms with Crippen LogP contribution in [0.3, 0.4) is 0 Å². The molecule has 2 heteroatoms. The van der Waals surface area contributed by atoms with Crippen LogP contribution in [0.2, 0.25) is 0 Å². The molecule has 12 heavy (non-hydrogen) atoms. The van der Waals surface area contributed by atoms with E-state index in [1.165, 1.54) is 5.56 Å².